The van der Waals surface area contributed by atoms with Crippen LogP contribution in [0.3, 0.4) is 0 Å². The van der Waals surface area contributed by atoms with Crippen molar-refractivity contribution in [2.45, 2.75) is 31.3 Å². The summed E-state index contributed by atoms with van der Waals surface area (Å²) in [6.45, 7) is 3.69. The molecule has 2 fully saturated rings. The van der Waals surface area contributed by atoms with Gasteiger partial charge in [0.1, 0.15) is 0 Å². The van der Waals surface area contributed by atoms with Gasteiger partial charge in [-0.25, -0.2) is 0 Å². The summed E-state index contributed by atoms with van der Waals surface area (Å²) in [4.78, 5) is 11.7. The van der Waals surface area contributed by atoms with Gasteiger partial charge in [-0.3, -0.25) is 4.79 Å². The van der Waals surface area contributed by atoms with Gasteiger partial charge in [0.25, 0.3) is 0 Å². The van der Waals surface area contributed by atoms with Gasteiger partial charge in [-0.1, -0.05) is 0 Å². The summed E-state index contributed by atoms with van der Waals surface area (Å²) in [5, 5.41) is 6.28. The second-order valence-corrected chi connectivity index (χ2v) is 4.41. The molecule has 0 aromatic carbocycles. The first kappa shape index (κ1) is 11.8. The van der Waals surface area contributed by atoms with Gasteiger partial charge in [0.2, 0.25) is 5.91 Å². The molecule has 92 valence electrons. The zero-order chi connectivity index (χ0) is 11.2. The van der Waals surface area contributed by atoms with E-state index in [0.717, 1.165) is 32.6 Å². The highest BCUT2D eigenvalue weighted by Crippen LogP contribution is 2.06. The highest BCUT2D eigenvalue weighted by molar-refractivity contribution is 5.76. The van der Waals surface area contributed by atoms with Crippen molar-refractivity contribution in [2.75, 3.05) is 33.0 Å². The summed E-state index contributed by atoms with van der Waals surface area (Å²) < 4.78 is 10.6. The molecule has 0 spiro atoms. The van der Waals surface area contributed by atoms with Crippen LogP contribution < -0.4 is 10.6 Å². The molecule has 0 bridgehead atoms. The van der Waals surface area contributed by atoms with E-state index in [0.29, 0.717) is 19.6 Å². The van der Waals surface area contributed by atoms with E-state index in [1.165, 1.54) is 0 Å². The number of rotatable bonds is 3. The molecule has 0 aliphatic carbocycles. The molecule has 1 amide bonds. The van der Waals surface area contributed by atoms with E-state index in [2.05, 4.69) is 10.6 Å². The molecule has 5 heteroatoms. The number of amides is 1. The zero-order valence-electron chi connectivity index (χ0n) is 9.54. The Bertz CT molecular complexity index is 201. The largest absolute Gasteiger partial charge is 0.379 e. The minimum absolute atomic E-state index is 0.0958. The van der Waals surface area contributed by atoms with Crippen molar-refractivity contribution in [1.82, 2.24) is 10.6 Å². The third kappa shape index (κ3) is 3.73. The lowest BCUT2D eigenvalue weighted by atomic mass is 10.1. The maximum absolute atomic E-state index is 11.7. The fraction of sp³-hybridized carbons (Fsp3) is 0.909. The second kappa shape index (κ2) is 6.18. The summed E-state index contributed by atoms with van der Waals surface area (Å²) in [5.41, 5.74) is 0. The first-order valence-electron chi connectivity index (χ1n) is 6.03. The molecule has 2 heterocycles. The average molecular weight is 228 g/mol. The molecular weight excluding hydrogens is 208 g/mol. The summed E-state index contributed by atoms with van der Waals surface area (Å²) in [7, 11) is 0. The SMILES string of the molecule is O=C(CC1COCCN1)NC1CCCOC1. The van der Waals surface area contributed by atoms with E-state index in [1.54, 1.807) is 0 Å². The van der Waals surface area contributed by atoms with E-state index >= 15 is 0 Å². The van der Waals surface area contributed by atoms with Crippen LogP contribution in [-0.4, -0.2) is 51.0 Å². The molecule has 2 aliphatic heterocycles. The van der Waals surface area contributed by atoms with Gasteiger partial charge in [-0.05, 0) is 12.8 Å². The van der Waals surface area contributed by atoms with Crippen molar-refractivity contribution in [3.63, 3.8) is 0 Å². The Hall–Kier alpha value is -0.650. The molecular formula is C11H20N2O3. The predicted octanol–water partition coefficient (Wildman–Crippen LogP) is -0.340. The van der Waals surface area contributed by atoms with Gasteiger partial charge in [0, 0.05) is 25.6 Å². The minimum atomic E-state index is 0.0958. The standard InChI is InChI=1S/C11H20N2O3/c14-11(6-10-8-16-5-3-12-10)13-9-2-1-4-15-7-9/h9-10,12H,1-8H2,(H,13,14). The number of carbonyl (C=O) groups is 1. The van der Waals surface area contributed by atoms with Gasteiger partial charge in [0.15, 0.2) is 0 Å². The van der Waals surface area contributed by atoms with Crippen molar-refractivity contribution in [2.24, 2.45) is 0 Å². The molecule has 2 rings (SSSR count). The molecule has 0 radical (unpaired) electrons. The average Bonchev–Trinajstić information content (AvgIpc) is 2.31. The first-order chi connectivity index (χ1) is 7.84. The van der Waals surface area contributed by atoms with Crippen LogP contribution >= 0.6 is 0 Å². The van der Waals surface area contributed by atoms with E-state index < -0.39 is 0 Å². The molecule has 2 atom stereocenters. The zero-order valence-corrected chi connectivity index (χ0v) is 9.54. The van der Waals surface area contributed by atoms with Gasteiger partial charge in [-0.2, -0.15) is 0 Å². The molecule has 16 heavy (non-hydrogen) atoms. The lowest BCUT2D eigenvalue weighted by Gasteiger charge is -2.26. The monoisotopic (exact) mass is 228 g/mol. The van der Waals surface area contributed by atoms with Crippen LogP contribution in [0.25, 0.3) is 0 Å². The quantitative estimate of drug-likeness (QED) is 0.694. The summed E-state index contributed by atoms with van der Waals surface area (Å²) in [6, 6.07) is 0.365. The van der Waals surface area contributed by atoms with Crippen molar-refractivity contribution in [3.05, 3.63) is 0 Å². The van der Waals surface area contributed by atoms with Crippen LogP contribution in [0.4, 0.5) is 0 Å². The lowest BCUT2D eigenvalue weighted by Crippen LogP contribution is -2.47. The predicted molar refractivity (Wildman–Crippen MR) is 59.2 cm³/mol. The molecule has 0 saturated carbocycles. The number of hydrogen-bond acceptors (Lipinski definition) is 4. The van der Waals surface area contributed by atoms with E-state index in [1.807, 2.05) is 0 Å². The van der Waals surface area contributed by atoms with Crippen LogP contribution in [0.5, 0.6) is 0 Å². The Kier molecular flexibility index (Phi) is 4.56. The minimum Gasteiger partial charge on any atom is -0.379 e. The first-order valence-corrected chi connectivity index (χ1v) is 6.03. The number of ether oxygens (including phenoxy) is 2. The van der Waals surface area contributed by atoms with E-state index in [9.17, 15) is 4.79 Å². The Morgan fingerprint density at radius 1 is 1.31 bits per heavy atom. The molecule has 2 unspecified atom stereocenters. The summed E-state index contributed by atoms with van der Waals surface area (Å²) in [5.74, 6) is 0.0958. The highest BCUT2D eigenvalue weighted by atomic mass is 16.5. The Morgan fingerprint density at radius 3 is 2.88 bits per heavy atom. The van der Waals surface area contributed by atoms with Gasteiger partial charge < -0.3 is 20.1 Å². The third-order valence-corrected chi connectivity index (χ3v) is 2.96. The summed E-state index contributed by atoms with van der Waals surface area (Å²) >= 11 is 0. The van der Waals surface area contributed by atoms with Crippen molar-refractivity contribution in [1.29, 1.82) is 0 Å². The van der Waals surface area contributed by atoms with Gasteiger partial charge >= 0.3 is 0 Å². The van der Waals surface area contributed by atoms with E-state index in [-0.39, 0.29) is 18.0 Å². The Balaban J connectivity index is 1.66. The number of carbonyl (C=O) groups excluding carboxylic acids is 1. The molecule has 2 saturated heterocycles. The smallest absolute Gasteiger partial charge is 0.221 e. The molecule has 2 N–H and O–H groups in total. The Morgan fingerprint density at radius 2 is 2.19 bits per heavy atom. The Labute approximate surface area is 95.9 Å². The van der Waals surface area contributed by atoms with Crippen molar-refractivity contribution in [3.8, 4) is 0 Å². The van der Waals surface area contributed by atoms with Crippen LogP contribution in [0.15, 0.2) is 0 Å². The molecule has 0 aromatic rings. The molecule has 5 nitrogen and oxygen atoms in total. The van der Waals surface area contributed by atoms with Crippen molar-refractivity contribution >= 4 is 5.91 Å². The maximum atomic E-state index is 11.7. The summed E-state index contributed by atoms with van der Waals surface area (Å²) in [6.07, 6.45) is 2.56. The van der Waals surface area contributed by atoms with Crippen molar-refractivity contribution < 1.29 is 14.3 Å². The van der Waals surface area contributed by atoms with Gasteiger partial charge in [0.05, 0.1) is 25.9 Å². The fourth-order valence-corrected chi connectivity index (χ4v) is 2.12. The highest BCUT2D eigenvalue weighted by Gasteiger charge is 2.20. The number of morpholine rings is 1. The normalized spacial score (nSPS) is 31.0. The van der Waals surface area contributed by atoms with Crippen LogP contribution in [0.1, 0.15) is 19.3 Å². The molecule has 2 aliphatic rings. The topological polar surface area (TPSA) is 59.6 Å². The molecule has 0 aromatic heterocycles. The van der Waals surface area contributed by atoms with Crippen LogP contribution in [-0.2, 0) is 14.3 Å². The van der Waals surface area contributed by atoms with Gasteiger partial charge in [-0.15, -0.1) is 0 Å². The van der Waals surface area contributed by atoms with Crippen LogP contribution in [0.2, 0.25) is 0 Å². The fourth-order valence-electron chi connectivity index (χ4n) is 2.12. The number of nitrogens with one attached hydrogen (secondary N) is 2. The lowest BCUT2D eigenvalue weighted by molar-refractivity contribution is -0.123. The second-order valence-electron chi connectivity index (χ2n) is 4.41. The maximum Gasteiger partial charge on any atom is 0.221 e. The van der Waals surface area contributed by atoms with E-state index in [4.69, 9.17) is 9.47 Å². The third-order valence-electron chi connectivity index (χ3n) is 2.96. The number of hydrogen-bond donors (Lipinski definition) is 2. The van der Waals surface area contributed by atoms with Crippen LogP contribution in [0, 0.1) is 0 Å².